The van der Waals surface area contributed by atoms with E-state index < -0.39 is 0 Å². The predicted molar refractivity (Wildman–Crippen MR) is 146 cm³/mol. The van der Waals surface area contributed by atoms with Gasteiger partial charge in [-0.25, -0.2) is 15.4 Å². The molecule has 0 spiro atoms. The highest BCUT2D eigenvalue weighted by Gasteiger charge is 2.22. The van der Waals surface area contributed by atoms with E-state index in [0.717, 1.165) is 63.8 Å². The van der Waals surface area contributed by atoms with E-state index in [1.807, 2.05) is 37.7 Å². The molecule has 1 aromatic heterocycles. The van der Waals surface area contributed by atoms with Crippen LogP contribution in [0, 0.1) is 13.8 Å². The molecule has 0 atom stereocenters. The van der Waals surface area contributed by atoms with Crippen molar-refractivity contribution in [3.05, 3.63) is 35.4 Å². The molecule has 0 radical (unpaired) electrons. The molecule has 0 bridgehead atoms. The number of aryl methyl sites for hydroxylation is 2. The Balaban J connectivity index is 1.68. The Hall–Kier alpha value is -3.24. The Morgan fingerprint density at radius 3 is 2.43 bits per heavy atom. The van der Waals surface area contributed by atoms with E-state index >= 15 is 0 Å². The van der Waals surface area contributed by atoms with E-state index in [1.165, 1.54) is 0 Å². The van der Waals surface area contributed by atoms with Crippen LogP contribution in [0.1, 0.15) is 30.4 Å². The minimum Gasteiger partial charge on any atom is -0.497 e. The van der Waals surface area contributed by atoms with Crippen LogP contribution in [0.15, 0.2) is 24.3 Å². The van der Waals surface area contributed by atoms with Crippen molar-refractivity contribution in [1.82, 2.24) is 15.4 Å². The topological polar surface area (TPSA) is 106 Å². The van der Waals surface area contributed by atoms with E-state index in [-0.39, 0.29) is 12.3 Å². The van der Waals surface area contributed by atoms with Crippen LogP contribution in [-0.4, -0.2) is 66.5 Å². The molecule has 1 amide bonds. The van der Waals surface area contributed by atoms with Gasteiger partial charge in [0.25, 0.3) is 0 Å². The third-order valence-electron chi connectivity index (χ3n) is 6.37. The van der Waals surface area contributed by atoms with Crippen molar-refractivity contribution >= 4 is 34.4 Å². The molecule has 3 aromatic rings. The van der Waals surface area contributed by atoms with Crippen LogP contribution in [-0.2, 0) is 4.79 Å². The number of benzene rings is 2. The zero-order chi connectivity index (χ0) is 26.4. The summed E-state index contributed by atoms with van der Waals surface area (Å²) >= 11 is 1.95. The van der Waals surface area contributed by atoms with Gasteiger partial charge < -0.3 is 19.1 Å². The number of hydrogen-bond acceptors (Lipinski definition) is 9. The van der Waals surface area contributed by atoms with Gasteiger partial charge in [0, 0.05) is 48.7 Å². The number of methoxy groups -OCH3 is 2. The minimum atomic E-state index is -0.384. The second-order valence-corrected chi connectivity index (χ2v) is 10.2. The molecule has 10 heteroatoms. The summed E-state index contributed by atoms with van der Waals surface area (Å²) < 4.78 is 17.3. The van der Waals surface area contributed by atoms with E-state index in [0.29, 0.717) is 36.8 Å². The lowest BCUT2D eigenvalue weighted by atomic mass is 10.0. The smallest absolute Gasteiger partial charge is 0.243 e. The Kier molecular flexibility index (Phi) is 8.94. The number of unbranched alkanes of at least 4 members (excludes halogenated alkanes) is 1. The maximum Gasteiger partial charge on any atom is 0.243 e. The number of amides is 1. The largest absolute Gasteiger partial charge is 0.497 e. The number of thioether (sulfide) groups is 1. The van der Waals surface area contributed by atoms with Crippen LogP contribution in [0.2, 0.25) is 0 Å². The normalized spacial score (nSPS) is 13.5. The molecule has 0 unspecified atom stereocenters. The monoisotopic (exact) mass is 526 g/mol. The molecule has 1 fully saturated rings. The molecule has 37 heavy (non-hydrogen) atoms. The van der Waals surface area contributed by atoms with Crippen molar-refractivity contribution in [3.63, 3.8) is 0 Å². The van der Waals surface area contributed by atoms with E-state index in [4.69, 9.17) is 29.4 Å². The van der Waals surface area contributed by atoms with Crippen LogP contribution < -0.4 is 24.6 Å². The third-order valence-corrected chi connectivity index (χ3v) is 7.31. The van der Waals surface area contributed by atoms with E-state index in [9.17, 15) is 4.79 Å². The predicted octanol–water partition coefficient (Wildman–Crippen LogP) is 4.54. The molecule has 198 valence electrons. The lowest BCUT2D eigenvalue weighted by Gasteiger charge is -2.29. The third kappa shape index (κ3) is 6.19. The van der Waals surface area contributed by atoms with Gasteiger partial charge in [-0.15, -0.1) is 0 Å². The van der Waals surface area contributed by atoms with Crippen molar-refractivity contribution in [1.29, 1.82) is 0 Å². The van der Waals surface area contributed by atoms with Crippen LogP contribution in [0.4, 0.5) is 5.82 Å². The number of hydroxylamine groups is 1. The van der Waals surface area contributed by atoms with Crippen LogP contribution in [0.25, 0.3) is 22.3 Å². The number of anilines is 1. The molecular weight excluding hydrogens is 492 g/mol. The molecule has 0 aliphatic carbocycles. The number of hydrogen-bond donors (Lipinski definition) is 2. The molecule has 1 aliphatic rings. The maximum absolute atomic E-state index is 11.2. The number of nitrogens with one attached hydrogen (secondary N) is 1. The fourth-order valence-corrected chi connectivity index (χ4v) is 5.42. The number of carbonyl (C=O) groups is 1. The summed E-state index contributed by atoms with van der Waals surface area (Å²) in [4.78, 5) is 23.5. The van der Waals surface area contributed by atoms with Gasteiger partial charge in [-0.1, -0.05) is 0 Å². The average Bonchev–Trinajstić information content (AvgIpc) is 2.92. The fourth-order valence-electron chi connectivity index (χ4n) is 4.52. The number of rotatable bonds is 10. The Morgan fingerprint density at radius 1 is 1.05 bits per heavy atom. The van der Waals surface area contributed by atoms with Gasteiger partial charge in [-0.2, -0.15) is 11.8 Å². The quantitative estimate of drug-likeness (QED) is 0.224. The van der Waals surface area contributed by atoms with Crippen LogP contribution in [0.5, 0.6) is 17.2 Å². The summed E-state index contributed by atoms with van der Waals surface area (Å²) in [5.74, 6) is 5.44. The zero-order valence-electron chi connectivity index (χ0n) is 21.8. The Labute approximate surface area is 221 Å². The first-order valence-corrected chi connectivity index (χ1v) is 13.5. The molecule has 9 nitrogen and oxygen atoms in total. The SMILES string of the molecule is COc1cc(OC)c2c(N3CCSCC3)nc(-c3cc(C)c(OCCCCC(=O)NO)c(C)c3)nc2c1. The van der Waals surface area contributed by atoms with Crippen LogP contribution >= 0.6 is 11.8 Å². The van der Waals surface area contributed by atoms with Crippen LogP contribution in [0.3, 0.4) is 0 Å². The van der Waals surface area contributed by atoms with Gasteiger partial charge in [-0.05, 0) is 49.9 Å². The van der Waals surface area contributed by atoms with Gasteiger partial charge in [0.2, 0.25) is 5.91 Å². The van der Waals surface area contributed by atoms with Crippen molar-refractivity contribution in [3.8, 4) is 28.6 Å². The first kappa shape index (κ1) is 26.8. The van der Waals surface area contributed by atoms with Gasteiger partial charge in [0.1, 0.15) is 23.1 Å². The summed E-state index contributed by atoms with van der Waals surface area (Å²) in [6, 6.07) is 7.91. The fraction of sp³-hybridized carbons (Fsp3) is 0.444. The summed E-state index contributed by atoms with van der Waals surface area (Å²) in [7, 11) is 3.29. The number of nitrogens with zero attached hydrogens (tertiary/aromatic N) is 3. The van der Waals surface area contributed by atoms with Crippen molar-refractivity contribution in [2.45, 2.75) is 33.1 Å². The zero-order valence-corrected chi connectivity index (χ0v) is 22.6. The van der Waals surface area contributed by atoms with Crippen molar-refractivity contribution in [2.75, 3.05) is 50.3 Å². The molecule has 2 N–H and O–H groups in total. The molecule has 0 saturated carbocycles. The van der Waals surface area contributed by atoms with Crippen molar-refractivity contribution in [2.24, 2.45) is 0 Å². The number of fused-ring (bicyclic) bond motifs is 1. The lowest BCUT2D eigenvalue weighted by Crippen LogP contribution is -2.33. The molecule has 1 saturated heterocycles. The Morgan fingerprint density at radius 2 is 1.78 bits per heavy atom. The summed E-state index contributed by atoms with van der Waals surface area (Å²) in [5.41, 5.74) is 5.33. The van der Waals surface area contributed by atoms with E-state index in [1.54, 1.807) is 19.7 Å². The summed E-state index contributed by atoms with van der Waals surface area (Å²) in [5, 5.41) is 9.50. The maximum atomic E-state index is 11.2. The highest BCUT2D eigenvalue weighted by molar-refractivity contribution is 7.99. The standard InChI is InChI=1S/C27H34N4O5S/c1-17-13-19(14-18(2)25(17)36-10-6-5-7-23(32)30-33)26-28-21-15-20(34-3)16-22(35-4)24(21)27(29-26)31-8-11-37-12-9-31/h13-16,33H,5-12H2,1-4H3,(H,30,32). The number of ether oxygens (including phenoxy) is 3. The average molecular weight is 527 g/mol. The van der Waals surface area contributed by atoms with Crippen molar-refractivity contribution < 1.29 is 24.2 Å². The first-order chi connectivity index (χ1) is 17.9. The lowest BCUT2D eigenvalue weighted by molar-refractivity contribution is -0.129. The highest BCUT2D eigenvalue weighted by atomic mass is 32.2. The molecule has 4 rings (SSSR count). The minimum absolute atomic E-state index is 0.268. The first-order valence-electron chi connectivity index (χ1n) is 12.4. The van der Waals surface area contributed by atoms with Gasteiger partial charge in [0.15, 0.2) is 5.82 Å². The molecule has 2 heterocycles. The molecular formula is C27H34N4O5S. The van der Waals surface area contributed by atoms with E-state index in [2.05, 4.69) is 17.0 Å². The second kappa shape index (κ2) is 12.3. The molecule has 1 aliphatic heterocycles. The number of aromatic nitrogens is 2. The highest BCUT2D eigenvalue weighted by Crippen LogP contribution is 2.39. The molecule has 2 aromatic carbocycles. The Bertz CT molecular complexity index is 1240. The summed E-state index contributed by atoms with van der Waals surface area (Å²) in [6.45, 7) is 6.34. The van der Waals surface area contributed by atoms with Gasteiger partial charge >= 0.3 is 0 Å². The van der Waals surface area contributed by atoms with Gasteiger partial charge in [-0.3, -0.25) is 10.0 Å². The number of carbonyl (C=O) groups excluding carboxylic acids is 1. The second-order valence-electron chi connectivity index (χ2n) is 8.97. The summed E-state index contributed by atoms with van der Waals surface area (Å²) in [6.07, 6.45) is 1.62. The van der Waals surface area contributed by atoms with Gasteiger partial charge in [0.05, 0.1) is 31.7 Å².